The van der Waals surface area contributed by atoms with Gasteiger partial charge in [-0.1, -0.05) is 35.3 Å². The van der Waals surface area contributed by atoms with Crippen molar-refractivity contribution in [3.8, 4) is 0 Å². The van der Waals surface area contributed by atoms with E-state index in [1.807, 2.05) is 37.5 Å². The fourth-order valence-corrected chi connectivity index (χ4v) is 3.78. The Balaban J connectivity index is 1.85. The lowest BCUT2D eigenvalue weighted by Gasteiger charge is -2.20. The van der Waals surface area contributed by atoms with Crippen molar-refractivity contribution in [2.45, 2.75) is 45.4 Å². The van der Waals surface area contributed by atoms with Crippen LogP contribution in [0.1, 0.15) is 44.7 Å². The molecule has 0 aliphatic rings. The third kappa shape index (κ3) is 5.61. The molecule has 0 saturated carbocycles. The Morgan fingerprint density at radius 3 is 2.71 bits per heavy atom. The Morgan fingerprint density at radius 2 is 2.03 bits per heavy atom. The lowest BCUT2D eigenvalue weighted by molar-refractivity contribution is 0.0526. The molecule has 0 bridgehead atoms. The zero-order valence-electron chi connectivity index (χ0n) is 17.7. The maximum Gasteiger partial charge on any atom is 0.407 e. The van der Waals surface area contributed by atoms with Gasteiger partial charge in [0, 0.05) is 28.7 Å². The number of hydrogen-bond acceptors (Lipinski definition) is 5. The Morgan fingerprint density at radius 1 is 1.29 bits per heavy atom. The summed E-state index contributed by atoms with van der Waals surface area (Å²) in [5.74, 6) is 0.411. The van der Waals surface area contributed by atoms with Crippen LogP contribution in [-0.2, 0) is 11.3 Å². The van der Waals surface area contributed by atoms with Gasteiger partial charge in [0.1, 0.15) is 17.5 Å². The number of amides is 1. The van der Waals surface area contributed by atoms with Crippen LogP contribution in [0.3, 0.4) is 0 Å². The number of hydrogen-bond donors (Lipinski definition) is 3. The Labute approximate surface area is 191 Å². The summed E-state index contributed by atoms with van der Waals surface area (Å²) in [7, 11) is 0. The SMILES string of the molecule is CC(C)(C)OC(=O)NCCCn1c(C(O)c2ccc(Cl)cc2Cl)nc2cccc(N)c21. The predicted octanol–water partition coefficient (Wildman–Crippen LogP) is 4.92. The summed E-state index contributed by atoms with van der Waals surface area (Å²) >= 11 is 12.3. The number of ether oxygens (including phenoxy) is 1. The number of aromatic nitrogens is 2. The lowest BCUT2D eigenvalue weighted by Crippen LogP contribution is -2.33. The molecule has 0 saturated heterocycles. The largest absolute Gasteiger partial charge is 0.444 e. The summed E-state index contributed by atoms with van der Waals surface area (Å²) in [6, 6.07) is 10.3. The number of aryl methyl sites for hydroxylation is 1. The third-order valence-electron chi connectivity index (χ3n) is 4.56. The average Bonchev–Trinajstić information content (AvgIpc) is 3.03. The maximum absolute atomic E-state index is 11.9. The molecule has 166 valence electrons. The zero-order chi connectivity index (χ0) is 22.8. The highest BCUT2D eigenvalue weighted by Crippen LogP contribution is 2.33. The molecule has 4 N–H and O–H groups in total. The number of benzene rings is 2. The van der Waals surface area contributed by atoms with Gasteiger partial charge < -0.3 is 25.5 Å². The van der Waals surface area contributed by atoms with E-state index in [4.69, 9.17) is 33.7 Å². The standard InChI is InChI=1S/C22H26Cl2N4O3/c1-22(2,3)31-21(30)26-10-5-11-28-18-16(25)6-4-7-17(18)27-20(28)19(29)14-9-8-13(23)12-15(14)24/h4,6-9,12,19,29H,5,10-11,25H2,1-3H3,(H,26,30). The van der Waals surface area contributed by atoms with E-state index in [9.17, 15) is 9.90 Å². The highest BCUT2D eigenvalue weighted by atomic mass is 35.5. The summed E-state index contributed by atoms with van der Waals surface area (Å²) in [5, 5.41) is 14.6. The van der Waals surface area contributed by atoms with Gasteiger partial charge in [0.05, 0.1) is 16.7 Å². The van der Waals surface area contributed by atoms with Crippen LogP contribution < -0.4 is 11.1 Å². The summed E-state index contributed by atoms with van der Waals surface area (Å²) in [5.41, 5.74) is 8.07. The first-order chi connectivity index (χ1) is 14.6. The molecule has 2 aromatic carbocycles. The van der Waals surface area contributed by atoms with E-state index in [1.54, 1.807) is 24.3 Å². The molecule has 1 heterocycles. The molecule has 3 rings (SSSR count). The number of alkyl carbamates (subject to hydrolysis) is 1. The molecule has 0 radical (unpaired) electrons. The van der Waals surface area contributed by atoms with Crippen molar-refractivity contribution in [3.05, 3.63) is 57.8 Å². The van der Waals surface area contributed by atoms with E-state index >= 15 is 0 Å². The number of nitrogen functional groups attached to an aromatic ring is 1. The van der Waals surface area contributed by atoms with E-state index in [0.717, 1.165) is 5.52 Å². The minimum Gasteiger partial charge on any atom is -0.444 e. The molecular weight excluding hydrogens is 439 g/mol. The minimum absolute atomic E-state index is 0.346. The van der Waals surface area contributed by atoms with Gasteiger partial charge in [-0.15, -0.1) is 0 Å². The van der Waals surface area contributed by atoms with Crippen molar-refractivity contribution < 1.29 is 14.6 Å². The van der Waals surface area contributed by atoms with Gasteiger partial charge in [0.25, 0.3) is 0 Å². The van der Waals surface area contributed by atoms with Crippen LogP contribution in [-0.4, -0.2) is 32.9 Å². The van der Waals surface area contributed by atoms with Crippen LogP contribution in [0.2, 0.25) is 10.0 Å². The molecule has 0 spiro atoms. The quantitative estimate of drug-likeness (QED) is 0.354. The third-order valence-corrected chi connectivity index (χ3v) is 5.12. The number of aliphatic hydroxyl groups is 1. The number of carbonyl (C=O) groups excluding carboxylic acids is 1. The molecule has 0 aliphatic heterocycles. The molecule has 1 aromatic heterocycles. The van der Waals surface area contributed by atoms with Crippen LogP contribution in [0.5, 0.6) is 0 Å². The zero-order valence-corrected chi connectivity index (χ0v) is 19.2. The highest BCUT2D eigenvalue weighted by Gasteiger charge is 2.23. The Bertz CT molecular complexity index is 1090. The lowest BCUT2D eigenvalue weighted by atomic mass is 10.1. The van der Waals surface area contributed by atoms with E-state index in [1.165, 1.54) is 0 Å². The van der Waals surface area contributed by atoms with Crippen LogP contribution in [0, 0.1) is 0 Å². The summed E-state index contributed by atoms with van der Waals surface area (Å²) in [6.45, 7) is 6.28. The summed E-state index contributed by atoms with van der Waals surface area (Å²) < 4.78 is 7.11. The molecule has 3 aromatic rings. The molecule has 31 heavy (non-hydrogen) atoms. The topological polar surface area (TPSA) is 102 Å². The number of halogens is 2. The maximum atomic E-state index is 11.9. The van der Waals surface area contributed by atoms with Crippen molar-refractivity contribution in [2.75, 3.05) is 12.3 Å². The number of nitrogens with one attached hydrogen (secondary N) is 1. The van der Waals surface area contributed by atoms with Crippen molar-refractivity contribution >= 4 is 46.0 Å². The monoisotopic (exact) mass is 464 g/mol. The van der Waals surface area contributed by atoms with Crippen molar-refractivity contribution in [1.29, 1.82) is 0 Å². The molecule has 1 amide bonds. The van der Waals surface area contributed by atoms with Gasteiger partial charge in [-0.25, -0.2) is 9.78 Å². The van der Waals surface area contributed by atoms with Gasteiger partial charge in [-0.3, -0.25) is 0 Å². The first-order valence-corrected chi connectivity index (χ1v) is 10.7. The van der Waals surface area contributed by atoms with Gasteiger partial charge in [-0.2, -0.15) is 0 Å². The second-order valence-corrected chi connectivity index (χ2v) is 9.03. The van der Waals surface area contributed by atoms with Crippen molar-refractivity contribution in [3.63, 3.8) is 0 Å². The molecular formula is C22H26Cl2N4O3. The van der Waals surface area contributed by atoms with E-state index < -0.39 is 17.8 Å². The molecule has 1 unspecified atom stereocenters. The molecule has 9 heteroatoms. The number of nitrogens with zero attached hydrogens (tertiary/aromatic N) is 2. The van der Waals surface area contributed by atoms with E-state index in [0.29, 0.717) is 52.1 Å². The van der Waals surface area contributed by atoms with Gasteiger partial charge in [0.2, 0.25) is 0 Å². The number of nitrogens with two attached hydrogens (primary N) is 1. The fourth-order valence-electron chi connectivity index (χ4n) is 3.27. The molecule has 1 atom stereocenters. The molecule has 7 nitrogen and oxygen atoms in total. The Hall–Kier alpha value is -2.48. The van der Waals surface area contributed by atoms with Crippen LogP contribution >= 0.6 is 23.2 Å². The summed E-state index contributed by atoms with van der Waals surface area (Å²) in [6.07, 6.45) is -0.973. The number of fused-ring (bicyclic) bond motifs is 1. The average molecular weight is 465 g/mol. The number of para-hydroxylation sites is 1. The smallest absolute Gasteiger partial charge is 0.407 e. The second kappa shape index (κ2) is 9.34. The predicted molar refractivity (Wildman–Crippen MR) is 124 cm³/mol. The van der Waals surface area contributed by atoms with Gasteiger partial charge in [0.15, 0.2) is 0 Å². The number of rotatable bonds is 6. The van der Waals surface area contributed by atoms with E-state index in [2.05, 4.69) is 10.3 Å². The van der Waals surface area contributed by atoms with Gasteiger partial charge >= 0.3 is 6.09 Å². The summed E-state index contributed by atoms with van der Waals surface area (Å²) in [4.78, 5) is 16.5. The molecule has 0 aliphatic carbocycles. The number of aliphatic hydroxyl groups excluding tert-OH is 1. The van der Waals surface area contributed by atoms with Crippen LogP contribution in [0.15, 0.2) is 36.4 Å². The number of imidazole rings is 1. The molecule has 0 fully saturated rings. The fraction of sp³-hybridized carbons (Fsp3) is 0.364. The van der Waals surface area contributed by atoms with Crippen LogP contribution in [0.4, 0.5) is 10.5 Å². The van der Waals surface area contributed by atoms with Crippen molar-refractivity contribution in [1.82, 2.24) is 14.9 Å². The second-order valence-electron chi connectivity index (χ2n) is 8.19. The number of carbonyl (C=O) groups is 1. The van der Waals surface area contributed by atoms with Crippen molar-refractivity contribution in [2.24, 2.45) is 0 Å². The first kappa shape index (κ1) is 23.2. The minimum atomic E-state index is -1.07. The Kier molecular flexibility index (Phi) is 6.99. The highest BCUT2D eigenvalue weighted by molar-refractivity contribution is 6.35. The van der Waals surface area contributed by atoms with E-state index in [-0.39, 0.29) is 0 Å². The van der Waals surface area contributed by atoms with Crippen LogP contribution in [0.25, 0.3) is 11.0 Å². The number of anilines is 1. The normalized spacial score (nSPS) is 12.7. The van der Waals surface area contributed by atoms with Gasteiger partial charge in [-0.05, 0) is 51.5 Å². The first-order valence-electron chi connectivity index (χ1n) is 9.91.